The van der Waals surface area contributed by atoms with Crippen molar-refractivity contribution >= 4 is 34.3 Å². The van der Waals surface area contributed by atoms with Crippen molar-refractivity contribution < 1.29 is 9.53 Å². The minimum Gasteiger partial charge on any atom is -0.381 e. The average Bonchev–Trinajstić information content (AvgIpc) is 2.73. The van der Waals surface area contributed by atoms with Gasteiger partial charge in [-0.1, -0.05) is 18.2 Å². The highest BCUT2D eigenvalue weighted by Gasteiger charge is 2.15. The number of thioether (sulfide) groups is 1. The Kier molecular flexibility index (Phi) is 5.73. The second-order valence-corrected chi connectivity index (χ2v) is 7.98. The third kappa shape index (κ3) is 4.43. The maximum Gasteiger partial charge on any atom is 0.258 e. The first-order valence-electron chi connectivity index (χ1n) is 9.28. The molecule has 2 heterocycles. The summed E-state index contributed by atoms with van der Waals surface area (Å²) >= 11 is 1.79. The Morgan fingerprint density at radius 2 is 1.96 bits per heavy atom. The number of amides is 1. The van der Waals surface area contributed by atoms with Gasteiger partial charge in [-0.3, -0.25) is 9.59 Å². The number of nitrogens with zero attached hydrogens (tertiary/aromatic N) is 1. The minimum atomic E-state index is -0.228. The first-order chi connectivity index (χ1) is 13.7. The summed E-state index contributed by atoms with van der Waals surface area (Å²) in [5.74, 6) is 1.04. The molecule has 0 unspecified atom stereocenters. The van der Waals surface area contributed by atoms with Gasteiger partial charge < -0.3 is 15.0 Å². The number of H-pyrrole nitrogens is 1. The van der Waals surface area contributed by atoms with Gasteiger partial charge in [-0.15, -0.1) is 0 Å². The number of hydrogen-bond donors (Lipinski definition) is 2. The van der Waals surface area contributed by atoms with Gasteiger partial charge in [0.15, 0.2) is 0 Å². The summed E-state index contributed by atoms with van der Waals surface area (Å²) < 4.78 is 5.38. The summed E-state index contributed by atoms with van der Waals surface area (Å²) in [7, 11) is 0. The van der Waals surface area contributed by atoms with Gasteiger partial charge in [-0.05, 0) is 43.2 Å². The highest BCUT2D eigenvalue weighted by Crippen LogP contribution is 2.24. The number of nitrogens with one attached hydrogen (secondary N) is 2. The topological polar surface area (TPSA) is 84.1 Å². The first-order valence-corrected chi connectivity index (χ1v) is 10.3. The minimum absolute atomic E-state index is 0.178. The van der Waals surface area contributed by atoms with E-state index in [0.29, 0.717) is 33.3 Å². The number of aromatic nitrogens is 2. The Morgan fingerprint density at radius 3 is 2.75 bits per heavy atom. The van der Waals surface area contributed by atoms with Crippen LogP contribution >= 0.6 is 11.8 Å². The molecule has 28 heavy (non-hydrogen) atoms. The van der Waals surface area contributed by atoms with Crippen LogP contribution in [-0.2, 0) is 10.5 Å². The molecule has 4 rings (SSSR count). The molecule has 144 valence electrons. The standard InChI is InChI=1S/C21H21N3O3S/c25-20(22-15-4-2-1-3-5-15)14-6-7-17-18(12-14)23-19(24-21(17)26)13-28-16-8-10-27-11-9-16/h1-7,12,16H,8-11,13H2,(H,22,25)(H,23,24,26). The van der Waals surface area contributed by atoms with E-state index in [0.717, 1.165) is 31.7 Å². The lowest BCUT2D eigenvalue weighted by Crippen LogP contribution is -2.18. The Labute approximate surface area is 166 Å². The fraction of sp³-hybridized carbons (Fsp3) is 0.286. The van der Waals surface area contributed by atoms with Crippen LogP contribution in [0.4, 0.5) is 5.69 Å². The highest BCUT2D eigenvalue weighted by molar-refractivity contribution is 7.99. The first kappa shape index (κ1) is 18.7. The van der Waals surface area contributed by atoms with Crippen molar-refractivity contribution in [1.82, 2.24) is 9.97 Å². The van der Waals surface area contributed by atoms with Crippen LogP contribution in [-0.4, -0.2) is 34.3 Å². The molecule has 3 aromatic rings. The predicted molar refractivity (Wildman–Crippen MR) is 112 cm³/mol. The lowest BCUT2D eigenvalue weighted by molar-refractivity contribution is 0.1000. The monoisotopic (exact) mass is 395 g/mol. The number of anilines is 1. The number of benzene rings is 2. The van der Waals surface area contributed by atoms with E-state index < -0.39 is 0 Å². The predicted octanol–water partition coefficient (Wildman–Crippen LogP) is 3.59. The molecule has 0 bridgehead atoms. The van der Waals surface area contributed by atoms with E-state index in [-0.39, 0.29) is 11.5 Å². The molecule has 2 aromatic carbocycles. The van der Waals surface area contributed by atoms with Crippen LogP contribution in [0.1, 0.15) is 29.0 Å². The number of rotatable bonds is 5. The normalized spacial score (nSPS) is 14.9. The molecule has 0 saturated carbocycles. The molecule has 7 heteroatoms. The van der Waals surface area contributed by atoms with E-state index in [1.165, 1.54) is 0 Å². The van der Waals surface area contributed by atoms with Gasteiger partial charge in [0.25, 0.3) is 11.5 Å². The van der Waals surface area contributed by atoms with Crippen molar-refractivity contribution in [1.29, 1.82) is 0 Å². The van der Waals surface area contributed by atoms with E-state index in [1.807, 2.05) is 30.3 Å². The molecule has 1 fully saturated rings. The van der Waals surface area contributed by atoms with Gasteiger partial charge >= 0.3 is 0 Å². The van der Waals surface area contributed by atoms with Gasteiger partial charge in [0.2, 0.25) is 0 Å². The van der Waals surface area contributed by atoms with Crippen molar-refractivity contribution in [2.45, 2.75) is 23.8 Å². The molecule has 0 atom stereocenters. The number of hydrogen-bond acceptors (Lipinski definition) is 5. The molecule has 2 N–H and O–H groups in total. The van der Waals surface area contributed by atoms with Crippen LogP contribution in [0, 0.1) is 0 Å². The molecule has 1 aliphatic rings. The van der Waals surface area contributed by atoms with Gasteiger partial charge in [0.1, 0.15) is 5.82 Å². The second-order valence-electron chi connectivity index (χ2n) is 6.69. The zero-order chi connectivity index (χ0) is 19.3. The highest BCUT2D eigenvalue weighted by atomic mass is 32.2. The van der Waals surface area contributed by atoms with Crippen LogP contribution in [0.15, 0.2) is 53.3 Å². The molecule has 6 nitrogen and oxygen atoms in total. The smallest absolute Gasteiger partial charge is 0.258 e. The van der Waals surface area contributed by atoms with Crippen LogP contribution in [0.25, 0.3) is 10.9 Å². The van der Waals surface area contributed by atoms with Crippen molar-refractivity contribution in [2.24, 2.45) is 0 Å². The Balaban J connectivity index is 1.53. The lowest BCUT2D eigenvalue weighted by atomic mass is 10.1. The molecule has 1 saturated heterocycles. The van der Waals surface area contributed by atoms with Crippen LogP contribution in [0.2, 0.25) is 0 Å². The fourth-order valence-electron chi connectivity index (χ4n) is 3.16. The Morgan fingerprint density at radius 1 is 1.18 bits per heavy atom. The molecule has 1 amide bonds. The summed E-state index contributed by atoms with van der Waals surface area (Å²) in [5.41, 5.74) is 1.55. The van der Waals surface area contributed by atoms with Crippen LogP contribution in [0.3, 0.4) is 0 Å². The molecule has 0 spiro atoms. The quantitative estimate of drug-likeness (QED) is 0.690. The summed E-state index contributed by atoms with van der Waals surface area (Å²) in [6, 6.07) is 14.2. The number of fused-ring (bicyclic) bond motifs is 1. The van der Waals surface area contributed by atoms with E-state index >= 15 is 0 Å². The summed E-state index contributed by atoms with van der Waals surface area (Å²) in [6.07, 6.45) is 2.04. The Hall–Kier alpha value is -2.64. The van der Waals surface area contributed by atoms with E-state index in [1.54, 1.807) is 30.0 Å². The lowest BCUT2D eigenvalue weighted by Gasteiger charge is -2.21. The number of ether oxygens (including phenoxy) is 1. The third-order valence-electron chi connectivity index (χ3n) is 4.67. The molecule has 0 radical (unpaired) electrons. The van der Waals surface area contributed by atoms with Crippen molar-refractivity contribution in [3.63, 3.8) is 0 Å². The number of carbonyl (C=O) groups excluding carboxylic acids is 1. The molecule has 1 aromatic heterocycles. The van der Waals surface area contributed by atoms with Crippen molar-refractivity contribution in [2.75, 3.05) is 18.5 Å². The number of aromatic amines is 1. The summed E-state index contributed by atoms with van der Waals surface area (Å²) in [5, 5.41) is 3.86. The summed E-state index contributed by atoms with van der Waals surface area (Å²) in [4.78, 5) is 32.4. The molecule has 0 aliphatic carbocycles. The third-order valence-corrected chi connectivity index (χ3v) is 6.06. The van der Waals surface area contributed by atoms with Crippen LogP contribution in [0.5, 0.6) is 0 Å². The zero-order valence-electron chi connectivity index (χ0n) is 15.3. The van der Waals surface area contributed by atoms with Crippen molar-refractivity contribution in [3.8, 4) is 0 Å². The van der Waals surface area contributed by atoms with Gasteiger partial charge in [0.05, 0.1) is 16.7 Å². The Bertz CT molecular complexity index is 1030. The molecular formula is C21H21N3O3S. The number of para-hydroxylation sites is 1. The average molecular weight is 395 g/mol. The zero-order valence-corrected chi connectivity index (χ0v) is 16.1. The molecular weight excluding hydrogens is 374 g/mol. The maximum atomic E-state index is 12.5. The second kappa shape index (κ2) is 8.58. The van der Waals surface area contributed by atoms with Gasteiger partial charge in [-0.2, -0.15) is 11.8 Å². The van der Waals surface area contributed by atoms with E-state index in [2.05, 4.69) is 15.3 Å². The van der Waals surface area contributed by atoms with E-state index in [9.17, 15) is 9.59 Å². The summed E-state index contributed by atoms with van der Waals surface area (Å²) in [6.45, 7) is 1.58. The maximum absolute atomic E-state index is 12.5. The van der Waals surface area contributed by atoms with Crippen molar-refractivity contribution in [3.05, 3.63) is 70.3 Å². The molecule has 1 aliphatic heterocycles. The van der Waals surface area contributed by atoms with Gasteiger partial charge in [-0.25, -0.2) is 4.98 Å². The SMILES string of the molecule is O=C(Nc1ccccc1)c1ccc2c(=O)[nH]c(CSC3CCOCC3)nc2c1. The van der Waals surface area contributed by atoms with Crippen LogP contribution < -0.4 is 10.9 Å². The van der Waals surface area contributed by atoms with E-state index in [4.69, 9.17) is 4.74 Å². The number of carbonyl (C=O) groups is 1. The fourth-order valence-corrected chi connectivity index (χ4v) is 4.22. The largest absolute Gasteiger partial charge is 0.381 e. The van der Waals surface area contributed by atoms with Gasteiger partial charge in [0, 0.05) is 29.7 Å².